The van der Waals surface area contributed by atoms with E-state index in [1.54, 1.807) is 13.8 Å². The van der Waals surface area contributed by atoms with Gasteiger partial charge in [-0.25, -0.2) is 8.42 Å². The summed E-state index contributed by atoms with van der Waals surface area (Å²) in [4.78, 5) is 10.7. The van der Waals surface area contributed by atoms with Crippen molar-refractivity contribution < 1.29 is 23.1 Å². The minimum Gasteiger partial charge on any atom is -0.480 e. The molecule has 0 saturated heterocycles. The van der Waals surface area contributed by atoms with Gasteiger partial charge in [-0.1, -0.05) is 0 Å². The largest absolute Gasteiger partial charge is 0.480 e. The number of rotatable bonds is 6. The van der Waals surface area contributed by atoms with Crippen LogP contribution in [0.3, 0.4) is 0 Å². The zero-order chi connectivity index (χ0) is 13.1. The van der Waals surface area contributed by atoms with Gasteiger partial charge >= 0.3 is 5.97 Å². The summed E-state index contributed by atoms with van der Waals surface area (Å²) in [7, 11) is -0.984. The first-order valence-corrected chi connectivity index (χ1v) is 6.38. The van der Waals surface area contributed by atoms with Crippen molar-refractivity contribution >= 4 is 16.0 Å². The van der Waals surface area contributed by atoms with Crippen LogP contribution in [0.25, 0.3) is 0 Å². The molecule has 0 bridgehead atoms. The molecule has 1 N–H and O–H groups in total. The Hall–Kier alpha value is -0.660. The molecule has 0 aromatic heterocycles. The third-order valence-corrected chi connectivity index (χ3v) is 4.68. The number of carboxylic acids is 1. The second kappa shape index (κ2) is 5.11. The Morgan fingerprint density at radius 2 is 1.94 bits per heavy atom. The van der Waals surface area contributed by atoms with Crippen molar-refractivity contribution in [2.75, 3.05) is 19.9 Å². The van der Waals surface area contributed by atoms with Crippen LogP contribution in [0.5, 0.6) is 0 Å². The van der Waals surface area contributed by atoms with Gasteiger partial charge in [0.05, 0.1) is 11.4 Å². The fourth-order valence-corrected chi connectivity index (χ4v) is 2.77. The second-order valence-electron chi connectivity index (χ2n) is 4.25. The number of aliphatic carboxylic acids is 1. The number of hydrogen-bond donors (Lipinski definition) is 1. The topological polar surface area (TPSA) is 83.9 Å². The predicted octanol–water partition coefficient (Wildman–Crippen LogP) is 0.146. The van der Waals surface area contributed by atoms with E-state index in [0.29, 0.717) is 0 Å². The molecule has 1 unspecified atom stereocenters. The molecule has 0 radical (unpaired) electrons. The van der Waals surface area contributed by atoms with Crippen LogP contribution in [-0.4, -0.2) is 55.4 Å². The van der Waals surface area contributed by atoms with Gasteiger partial charge in [-0.3, -0.25) is 4.79 Å². The first-order valence-electron chi connectivity index (χ1n) is 4.77. The van der Waals surface area contributed by atoms with Crippen LogP contribution in [0, 0.1) is 0 Å². The number of carboxylic acid groups (broad SMARTS) is 1. The number of methoxy groups -OCH3 is 1. The van der Waals surface area contributed by atoms with Crippen molar-refractivity contribution in [1.82, 2.24) is 4.31 Å². The average Bonchev–Trinajstić information content (AvgIpc) is 2.13. The number of likely N-dealkylation sites (N-methyl/N-ethyl adjacent to an activating group) is 1. The third kappa shape index (κ3) is 4.07. The summed E-state index contributed by atoms with van der Waals surface area (Å²) < 4.78 is 29.5. The van der Waals surface area contributed by atoms with E-state index in [9.17, 15) is 13.2 Å². The van der Waals surface area contributed by atoms with Crippen LogP contribution in [0.1, 0.15) is 20.8 Å². The molecule has 96 valence electrons. The van der Waals surface area contributed by atoms with Crippen molar-refractivity contribution in [3.05, 3.63) is 0 Å². The van der Waals surface area contributed by atoms with Gasteiger partial charge in [-0.15, -0.1) is 0 Å². The molecule has 7 heteroatoms. The molecular weight excluding hydrogens is 234 g/mol. The first-order chi connectivity index (χ1) is 7.03. The van der Waals surface area contributed by atoms with E-state index in [1.807, 2.05) is 0 Å². The Labute approximate surface area is 96.2 Å². The van der Waals surface area contributed by atoms with Gasteiger partial charge in [0.15, 0.2) is 0 Å². The van der Waals surface area contributed by atoms with Crippen LogP contribution in [0.15, 0.2) is 0 Å². The Morgan fingerprint density at radius 1 is 1.50 bits per heavy atom. The lowest BCUT2D eigenvalue weighted by molar-refractivity contribution is -0.140. The summed E-state index contributed by atoms with van der Waals surface area (Å²) in [6.07, 6.45) is 0. The molecular formula is C9H19NO5S. The molecule has 16 heavy (non-hydrogen) atoms. The maximum atomic E-state index is 11.8. The summed E-state index contributed by atoms with van der Waals surface area (Å²) in [5.41, 5.74) is -0.842. The van der Waals surface area contributed by atoms with E-state index >= 15 is 0 Å². The molecule has 6 nitrogen and oxygen atoms in total. The van der Waals surface area contributed by atoms with Crippen LogP contribution < -0.4 is 0 Å². The molecule has 0 aliphatic rings. The van der Waals surface area contributed by atoms with E-state index in [0.717, 1.165) is 4.31 Å². The zero-order valence-electron chi connectivity index (χ0n) is 10.2. The number of carbonyl (C=O) groups is 1. The summed E-state index contributed by atoms with van der Waals surface area (Å²) in [5, 5.41) is 8.73. The molecule has 0 spiro atoms. The van der Waals surface area contributed by atoms with E-state index in [1.165, 1.54) is 21.1 Å². The molecule has 0 fully saturated rings. The van der Waals surface area contributed by atoms with Crippen molar-refractivity contribution in [3.8, 4) is 0 Å². The molecule has 0 aliphatic carbocycles. The fraction of sp³-hybridized carbons (Fsp3) is 0.889. The van der Waals surface area contributed by atoms with Gasteiger partial charge in [-0.2, -0.15) is 4.31 Å². The lowest BCUT2D eigenvalue weighted by Crippen LogP contribution is -2.45. The van der Waals surface area contributed by atoms with Gasteiger partial charge < -0.3 is 9.84 Å². The van der Waals surface area contributed by atoms with Crippen molar-refractivity contribution in [2.24, 2.45) is 0 Å². The van der Waals surface area contributed by atoms with Crippen molar-refractivity contribution in [2.45, 2.75) is 32.4 Å². The Balaban J connectivity index is 4.88. The van der Waals surface area contributed by atoms with Gasteiger partial charge in [-0.05, 0) is 20.8 Å². The van der Waals surface area contributed by atoms with E-state index in [4.69, 9.17) is 9.84 Å². The molecule has 0 aromatic rings. The standard InChI is InChI=1S/C9H19NO5S/c1-7(8(11)12)10(4)16(13,14)6-9(2,3)15-5/h7H,6H2,1-5H3,(H,11,12). The smallest absolute Gasteiger partial charge is 0.321 e. The maximum absolute atomic E-state index is 11.8. The molecule has 0 aromatic carbocycles. The predicted molar refractivity (Wildman–Crippen MR) is 59.7 cm³/mol. The summed E-state index contributed by atoms with van der Waals surface area (Å²) >= 11 is 0. The number of nitrogens with zero attached hydrogens (tertiary/aromatic N) is 1. The first kappa shape index (κ1) is 15.3. The van der Waals surface area contributed by atoms with Crippen LogP contribution in [-0.2, 0) is 19.6 Å². The normalized spacial score (nSPS) is 15.1. The lowest BCUT2D eigenvalue weighted by atomic mass is 10.2. The van der Waals surface area contributed by atoms with Gasteiger partial charge in [0, 0.05) is 14.2 Å². The highest BCUT2D eigenvalue weighted by Gasteiger charge is 2.33. The highest BCUT2D eigenvalue weighted by atomic mass is 32.2. The lowest BCUT2D eigenvalue weighted by Gasteiger charge is -2.27. The van der Waals surface area contributed by atoms with Gasteiger partial charge in [0.2, 0.25) is 10.0 Å². The number of sulfonamides is 1. The molecule has 0 heterocycles. The quantitative estimate of drug-likeness (QED) is 0.728. The van der Waals surface area contributed by atoms with Crippen LogP contribution in [0.4, 0.5) is 0 Å². The summed E-state index contributed by atoms with van der Waals surface area (Å²) in [6, 6.07) is -1.09. The second-order valence-corrected chi connectivity index (χ2v) is 6.28. The van der Waals surface area contributed by atoms with E-state index in [-0.39, 0.29) is 5.75 Å². The summed E-state index contributed by atoms with van der Waals surface area (Å²) in [5.74, 6) is -1.44. The Bertz CT molecular complexity index is 349. The molecule has 0 rings (SSSR count). The fourth-order valence-electron chi connectivity index (χ4n) is 0.996. The Kier molecular flexibility index (Phi) is 4.90. The Morgan fingerprint density at radius 3 is 2.25 bits per heavy atom. The molecule has 0 aliphatic heterocycles. The molecule has 1 atom stereocenters. The van der Waals surface area contributed by atoms with E-state index in [2.05, 4.69) is 0 Å². The minimum atomic E-state index is -3.65. The average molecular weight is 253 g/mol. The highest BCUT2D eigenvalue weighted by Crippen LogP contribution is 2.15. The number of ether oxygens (including phenoxy) is 1. The van der Waals surface area contributed by atoms with Crippen molar-refractivity contribution in [1.29, 1.82) is 0 Å². The zero-order valence-corrected chi connectivity index (χ0v) is 11.0. The number of hydrogen-bond acceptors (Lipinski definition) is 4. The minimum absolute atomic E-state index is 0.259. The third-order valence-electron chi connectivity index (χ3n) is 2.42. The van der Waals surface area contributed by atoms with Gasteiger partial charge in [0.25, 0.3) is 0 Å². The van der Waals surface area contributed by atoms with Gasteiger partial charge in [0.1, 0.15) is 6.04 Å². The maximum Gasteiger partial charge on any atom is 0.321 e. The summed E-state index contributed by atoms with van der Waals surface area (Å²) in [6.45, 7) is 4.58. The SMILES string of the molecule is COC(C)(C)CS(=O)(=O)N(C)C(C)C(=O)O. The van der Waals surface area contributed by atoms with E-state index < -0.39 is 27.6 Å². The molecule has 0 saturated carbocycles. The van der Waals surface area contributed by atoms with Crippen molar-refractivity contribution in [3.63, 3.8) is 0 Å². The monoisotopic (exact) mass is 253 g/mol. The van der Waals surface area contributed by atoms with Crippen LogP contribution >= 0.6 is 0 Å². The highest BCUT2D eigenvalue weighted by molar-refractivity contribution is 7.89. The van der Waals surface area contributed by atoms with Crippen LogP contribution in [0.2, 0.25) is 0 Å². The molecule has 0 amide bonds.